The molecule has 138 valence electrons. The van der Waals surface area contributed by atoms with Crippen LogP contribution in [-0.2, 0) is 16.0 Å². The van der Waals surface area contributed by atoms with Crippen molar-refractivity contribution in [3.63, 3.8) is 0 Å². The molecule has 2 fully saturated rings. The van der Waals surface area contributed by atoms with Gasteiger partial charge in [-0.3, -0.25) is 4.90 Å². The minimum absolute atomic E-state index is 0.0482. The zero-order chi connectivity index (χ0) is 17.8. The number of nitrogens with zero attached hydrogens (tertiary/aromatic N) is 2. The highest BCUT2D eigenvalue weighted by atomic mass is 35.5. The van der Waals surface area contributed by atoms with Crippen molar-refractivity contribution in [2.24, 2.45) is 0 Å². The Bertz CT molecular complexity index is 708. The summed E-state index contributed by atoms with van der Waals surface area (Å²) in [5, 5.41) is 0.795. The first kappa shape index (κ1) is 17.8. The van der Waals surface area contributed by atoms with Crippen LogP contribution in [0.5, 0.6) is 0 Å². The summed E-state index contributed by atoms with van der Waals surface area (Å²) >= 11 is 5.98. The van der Waals surface area contributed by atoms with Crippen LogP contribution in [0.2, 0.25) is 5.02 Å². The number of ether oxygens (including phenoxy) is 2. The number of hydrogen-bond acceptors (Lipinski definition) is 4. The van der Waals surface area contributed by atoms with Crippen molar-refractivity contribution in [3.8, 4) is 0 Å². The Morgan fingerprint density at radius 2 is 1.69 bits per heavy atom. The Morgan fingerprint density at radius 3 is 2.42 bits per heavy atom. The average Bonchev–Trinajstić information content (AvgIpc) is 2.71. The number of anilines is 1. The van der Waals surface area contributed by atoms with Gasteiger partial charge in [-0.2, -0.15) is 0 Å². The van der Waals surface area contributed by atoms with Crippen LogP contribution in [0.4, 0.5) is 5.69 Å². The molecule has 2 heterocycles. The summed E-state index contributed by atoms with van der Waals surface area (Å²) in [6, 6.07) is 16.8. The van der Waals surface area contributed by atoms with E-state index >= 15 is 0 Å². The molecule has 4 rings (SSSR count). The van der Waals surface area contributed by atoms with Crippen LogP contribution < -0.4 is 4.90 Å². The lowest BCUT2D eigenvalue weighted by Gasteiger charge is -2.38. The maximum Gasteiger partial charge on any atom is 0.108 e. The van der Waals surface area contributed by atoms with Crippen molar-refractivity contribution in [2.45, 2.75) is 12.6 Å². The average molecular weight is 373 g/mol. The molecule has 2 aromatic rings. The van der Waals surface area contributed by atoms with Gasteiger partial charge in [-0.15, -0.1) is 0 Å². The van der Waals surface area contributed by atoms with Crippen LogP contribution in [0.1, 0.15) is 17.2 Å². The van der Waals surface area contributed by atoms with Gasteiger partial charge in [0, 0.05) is 49.0 Å². The summed E-state index contributed by atoms with van der Waals surface area (Å²) in [4.78, 5) is 4.98. The highest BCUT2D eigenvalue weighted by Gasteiger charge is 2.24. The summed E-state index contributed by atoms with van der Waals surface area (Å²) in [5.74, 6) is 0. The van der Waals surface area contributed by atoms with Crippen LogP contribution in [0.15, 0.2) is 48.5 Å². The van der Waals surface area contributed by atoms with Crippen LogP contribution in [0.25, 0.3) is 0 Å². The highest BCUT2D eigenvalue weighted by Crippen LogP contribution is 2.31. The minimum atomic E-state index is 0.0482. The lowest BCUT2D eigenvalue weighted by molar-refractivity contribution is -0.0899. The maximum absolute atomic E-state index is 5.98. The first-order valence-electron chi connectivity index (χ1n) is 9.29. The lowest BCUT2D eigenvalue weighted by atomic mass is 10.1. The summed E-state index contributed by atoms with van der Waals surface area (Å²) in [5.41, 5.74) is 3.85. The fraction of sp³-hybridized carbons (Fsp3) is 0.429. The SMILES string of the molecule is Clc1ccc(CN2CCN(c3ccccc3C3COCCO3)CC2)cc1. The monoisotopic (exact) mass is 372 g/mol. The van der Waals surface area contributed by atoms with E-state index in [1.54, 1.807) is 0 Å². The van der Waals surface area contributed by atoms with E-state index in [1.807, 2.05) is 12.1 Å². The Kier molecular flexibility index (Phi) is 5.75. The third-order valence-electron chi connectivity index (χ3n) is 5.13. The van der Waals surface area contributed by atoms with Gasteiger partial charge in [0.05, 0.1) is 19.8 Å². The fourth-order valence-corrected chi connectivity index (χ4v) is 3.84. The molecule has 0 N–H and O–H groups in total. The second-order valence-electron chi connectivity index (χ2n) is 6.88. The topological polar surface area (TPSA) is 24.9 Å². The summed E-state index contributed by atoms with van der Waals surface area (Å²) < 4.78 is 11.5. The molecule has 0 bridgehead atoms. The standard InChI is InChI=1S/C21H25ClN2O2/c22-18-7-5-17(6-8-18)15-23-9-11-24(12-10-23)20-4-2-1-3-19(20)21-16-25-13-14-26-21/h1-8,21H,9-16H2. The van der Waals surface area contributed by atoms with Crippen molar-refractivity contribution in [1.29, 1.82) is 0 Å². The van der Waals surface area contributed by atoms with Gasteiger partial charge in [0.25, 0.3) is 0 Å². The molecule has 0 aromatic heterocycles. The van der Waals surface area contributed by atoms with E-state index in [9.17, 15) is 0 Å². The summed E-state index contributed by atoms with van der Waals surface area (Å²) in [7, 11) is 0. The molecule has 2 saturated heterocycles. The van der Waals surface area contributed by atoms with Crippen molar-refractivity contribution >= 4 is 17.3 Å². The molecule has 0 spiro atoms. The van der Waals surface area contributed by atoms with Gasteiger partial charge in [-0.1, -0.05) is 41.9 Å². The molecule has 4 nitrogen and oxygen atoms in total. The van der Waals surface area contributed by atoms with Crippen LogP contribution in [0, 0.1) is 0 Å². The molecule has 0 amide bonds. The fourth-order valence-electron chi connectivity index (χ4n) is 3.71. The Morgan fingerprint density at radius 1 is 0.923 bits per heavy atom. The Hall–Kier alpha value is -1.59. The van der Waals surface area contributed by atoms with Gasteiger partial charge in [-0.25, -0.2) is 0 Å². The first-order chi connectivity index (χ1) is 12.8. The number of halogens is 1. The molecular weight excluding hydrogens is 348 g/mol. The van der Waals surface area contributed by atoms with Crippen molar-refractivity contribution < 1.29 is 9.47 Å². The van der Waals surface area contributed by atoms with E-state index in [0.29, 0.717) is 19.8 Å². The molecule has 5 heteroatoms. The third kappa shape index (κ3) is 4.21. The molecular formula is C21H25ClN2O2. The summed E-state index contributed by atoms with van der Waals surface area (Å²) in [6.45, 7) is 7.16. The molecule has 2 aliphatic rings. The van der Waals surface area contributed by atoms with E-state index in [1.165, 1.54) is 16.8 Å². The zero-order valence-corrected chi connectivity index (χ0v) is 15.7. The Balaban J connectivity index is 1.39. The van der Waals surface area contributed by atoms with Gasteiger partial charge >= 0.3 is 0 Å². The number of hydrogen-bond donors (Lipinski definition) is 0. The second-order valence-corrected chi connectivity index (χ2v) is 7.32. The van der Waals surface area contributed by atoms with E-state index < -0.39 is 0 Å². The first-order valence-corrected chi connectivity index (χ1v) is 9.67. The molecule has 26 heavy (non-hydrogen) atoms. The quantitative estimate of drug-likeness (QED) is 0.816. The second kappa shape index (κ2) is 8.40. The molecule has 0 saturated carbocycles. The van der Waals surface area contributed by atoms with Gasteiger partial charge < -0.3 is 14.4 Å². The largest absolute Gasteiger partial charge is 0.376 e. The molecule has 1 unspecified atom stereocenters. The summed E-state index contributed by atoms with van der Waals surface area (Å²) in [6.07, 6.45) is 0.0482. The molecule has 0 radical (unpaired) electrons. The van der Waals surface area contributed by atoms with Gasteiger partial charge in [0.1, 0.15) is 6.10 Å². The number of para-hydroxylation sites is 1. The number of rotatable bonds is 4. The maximum atomic E-state index is 5.98. The molecule has 2 aliphatic heterocycles. The smallest absolute Gasteiger partial charge is 0.108 e. The van der Waals surface area contributed by atoms with E-state index in [2.05, 4.69) is 46.2 Å². The molecule has 0 aliphatic carbocycles. The Labute approximate surface area is 160 Å². The normalized spacial score (nSPS) is 21.7. The van der Waals surface area contributed by atoms with Crippen LogP contribution in [0.3, 0.4) is 0 Å². The number of benzene rings is 2. The van der Waals surface area contributed by atoms with Crippen molar-refractivity contribution in [2.75, 3.05) is 50.9 Å². The zero-order valence-electron chi connectivity index (χ0n) is 14.9. The molecule has 2 aromatic carbocycles. The lowest BCUT2D eigenvalue weighted by Crippen LogP contribution is -2.46. The predicted molar refractivity (Wildman–Crippen MR) is 105 cm³/mol. The van der Waals surface area contributed by atoms with E-state index in [-0.39, 0.29) is 6.10 Å². The third-order valence-corrected chi connectivity index (χ3v) is 5.38. The van der Waals surface area contributed by atoms with Gasteiger partial charge in [-0.05, 0) is 23.8 Å². The van der Waals surface area contributed by atoms with E-state index in [0.717, 1.165) is 37.7 Å². The van der Waals surface area contributed by atoms with Gasteiger partial charge in [0.2, 0.25) is 0 Å². The predicted octanol–water partition coefficient (Wildman–Crippen LogP) is 3.75. The van der Waals surface area contributed by atoms with Crippen molar-refractivity contribution in [3.05, 3.63) is 64.7 Å². The van der Waals surface area contributed by atoms with Crippen molar-refractivity contribution in [1.82, 2.24) is 4.90 Å². The van der Waals surface area contributed by atoms with Gasteiger partial charge in [0.15, 0.2) is 0 Å². The minimum Gasteiger partial charge on any atom is -0.376 e. The van der Waals surface area contributed by atoms with Crippen LogP contribution in [-0.4, -0.2) is 50.9 Å². The molecule has 1 atom stereocenters. The van der Waals surface area contributed by atoms with Crippen LogP contribution >= 0.6 is 11.6 Å². The number of piperazine rings is 1. The highest BCUT2D eigenvalue weighted by molar-refractivity contribution is 6.30. The van der Waals surface area contributed by atoms with E-state index in [4.69, 9.17) is 21.1 Å².